The summed E-state index contributed by atoms with van der Waals surface area (Å²) < 4.78 is 5.24. The molecule has 6 heteroatoms. The molecule has 0 atom stereocenters. The Bertz CT molecular complexity index is 650. The van der Waals surface area contributed by atoms with Gasteiger partial charge < -0.3 is 15.0 Å². The van der Waals surface area contributed by atoms with E-state index >= 15 is 0 Å². The molecule has 0 spiro atoms. The van der Waals surface area contributed by atoms with Gasteiger partial charge in [0.2, 0.25) is 0 Å². The molecule has 1 aromatic heterocycles. The number of nitrogens with one attached hydrogen (secondary N) is 1. The van der Waals surface area contributed by atoms with E-state index in [4.69, 9.17) is 4.74 Å². The number of aromatic nitrogens is 1. The molecule has 1 aliphatic heterocycles. The number of amides is 1. The average molecular weight is 303 g/mol. The standard InChI is InChI=1S/C15H17N3O2S/c1-10-5-3-4-6-12(10)16-14(19)13-9-21-15(17-13)18-7-11(8-18)20-2/h3-6,9,11H,7-8H2,1-2H3,(H,16,19). The Morgan fingerprint density at radius 3 is 2.90 bits per heavy atom. The van der Waals surface area contributed by atoms with Gasteiger partial charge in [-0.3, -0.25) is 4.79 Å². The zero-order valence-corrected chi connectivity index (χ0v) is 12.8. The van der Waals surface area contributed by atoms with Gasteiger partial charge in [-0.1, -0.05) is 18.2 Å². The van der Waals surface area contributed by atoms with Crippen LogP contribution in [0.4, 0.5) is 10.8 Å². The summed E-state index contributed by atoms with van der Waals surface area (Å²) in [5.74, 6) is -0.171. The van der Waals surface area contributed by atoms with Crippen LogP contribution in [0, 0.1) is 6.92 Å². The van der Waals surface area contributed by atoms with E-state index in [0.717, 1.165) is 29.5 Å². The number of aryl methyl sites for hydroxylation is 1. The number of benzene rings is 1. The van der Waals surface area contributed by atoms with Crippen LogP contribution in [0.3, 0.4) is 0 Å². The van der Waals surface area contributed by atoms with Gasteiger partial charge in [0.25, 0.3) is 5.91 Å². The highest BCUT2D eigenvalue weighted by molar-refractivity contribution is 7.14. The van der Waals surface area contributed by atoms with E-state index in [-0.39, 0.29) is 12.0 Å². The number of rotatable bonds is 4. The predicted molar refractivity (Wildman–Crippen MR) is 84.3 cm³/mol. The molecule has 5 nitrogen and oxygen atoms in total. The van der Waals surface area contributed by atoms with Crippen LogP contribution in [0.25, 0.3) is 0 Å². The molecule has 1 aliphatic rings. The van der Waals surface area contributed by atoms with Crippen molar-refractivity contribution < 1.29 is 9.53 Å². The minimum absolute atomic E-state index is 0.171. The average Bonchev–Trinajstić information content (AvgIpc) is 2.90. The van der Waals surface area contributed by atoms with Crippen molar-refractivity contribution >= 4 is 28.1 Å². The van der Waals surface area contributed by atoms with Gasteiger partial charge in [-0.05, 0) is 18.6 Å². The number of hydrogen-bond acceptors (Lipinski definition) is 5. The van der Waals surface area contributed by atoms with Gasteiger partial charge in [0.15, 0.2) is 5.13 Å². The second kappa shape index (κ2) is 5.83. The fourth-order valence-electron chi connectivity index (χ4n) is 2.16. The van der Waals surface area contributed by atoms with Crippen molar-refractivity contribution in [3.8, 4) is 0 Å². The Hall–Kier alpha value is -1.92. The molecule has 0 unspecified atom stereocenters. The van der Waals surface area contributed by atoms with Crippen molar-refractivity contribution in [2.75, 3.05) is 30.4 Å². The highest BCUT2D eigenvalue weighted by Crippen LogP contribution is 2.26. The van der Waals surface area contributed by atoms with Gasteiger partial charge in [0.05, 0.1) is 6.10 Å². The van der Waals surface area contributed by atoms with E-state index < -0.39 is 0 Å². The summed E-state index contributed by atoms with van der Waals surface area (Å²) in [5.41, 5.74) is 2.31. The molecule has 1 fully saturated rings. The second-order valence-corrected chi connectivity index (χ2v) is 5.88. The van der Waals surface area contributed by atoms with Crippen molar-refractivity contribution in [1.82, 2.24) is 4.98 Å². The van der Waals surface area contributed by atoms with Crippen LogP contribution in [0.15, 0.2) is 29.6 Å². The molecule has 110 valence electrons. The van der Waals surface area contributed by atoms with Crippen molar-refractivity contribution in [2.24, 2.45) is 0 Å². The summed E-state index contributed by atoms with van der Waals surface area (Å²) in [6.45, 7) is 3.64. The summed E-state index contributed by atoms with van der Waals surface area (Å²) in [5, 5.41) is 5.56. The third kappa shape index (κ3) is 2.91. The van der Waals surface area contributed by atoms with Gasteiger partial charge >= 0.3 is 0 Å². The minimum atomic E-state index is -0.171. The lowest BCUT2D eigenvalue weighted by Crippen LogP contribution is -2.51. The molecule has 0 aliphatic carbocycles. The zero-order chi connectivity index (χ0) is 14.8. The third-order valence-electron chi connectivity index (χ3n) is 3.57. The monoisotopic (exact) mass is 303 g/mol. The van der Waals surface area contributed by atoms with Gasteiger partial charge in [0.1, 0.15) is 5.69 Å². The second-order valence-electron chi connectivity index (χ2n) is 5.05. The summed E-state index contributed by atoms with van der Waals surface area (Å²) in [7, 11) is 1.71. The van der Waals surface area contributed by atoms with Gasteiger partial charge in [-0.25, -0.2) is 4.98 Å². The topological polar surface area (TPSA) is 54.5 Å². The highest BCUT2D eigenvalue weighted by atomic mass is 32.1. The molecule has 0 radical (unpaired) electrons. The number of para-hydroxylation sites is 1. The van der Waals surface area contributed by atoms with E-state index in [9.17, 15) is 4.79 Å². The number of anilines is 2. The molecule has 21 heavy (non-hydrogen) atoms. The fourth-order valence-corrected chi connectivity index (χ4v) is 2.98. The Kier molecular flexibility index (Phi) is 3.90. The first-order chi connectivity index (χ1) is 10.2. The predicted octanol–water partition coefficient (Wildman–Crippen LogP) is 2.54. The molecule has 2 heterocycles. The van der Waals surface area contributed by atoms with Crippen LogP contribution in [0.1, 0.15) is 16.1 Å². The molecule has 1 aromatic carbocycles. The molecule has 1 N–H and O–H groups in total. The summed E-state index contributed by atoms with van der Waals surface area (Å²) in [6.07, 6.45) is 0.276. The van der Waals surface area contributed by atoms with Crippen molar-refractivity contribution in [1.29, 1.82) is 0 Å². The van der Waals surface area contributed by atoms with E-state index in [1.54, 1.807) is 12.5 Å². The van der Waals surface area contributed by atoms with Crippen molar-refractivity contribution in [3.63, 3.8) is 0 Å². The van der Waals surface area contributed by atoms with Gasteiger partial charge in [-0.2, -0.15) is 0 Å². The van der Waals surface area contributed by atoms with Crippen LogP contribution in [-0.4, -0.2) is 37.2 Å². The summed E-state index contributed by atoms with van der Waals surface area (Å²) >= 11 is 1.49. The zero-order valence-electron chi connectivity index (χ0n) is 12.0. The molecular weight excluding hydrogens is 286 g/mol. The van der Waals surface area contributed by atoms with Crippen LogP contribution >= 0.6 is 11.3 Å². The molecule has 3 rings (SSSR count). The van der Waals surface area contributed by atoms with Crippen molar-refractivity contribution in [3.05, 3.63) is 40.9 Å². The maximum Gasteiger partial charge on any atom is 0.275 e. The summed E-state index contributed by atoms with van der Waals surface area (Å²) in [4.78, 5) is 18.7. The number of carbonyl (C=O) groups excluding carboxylic acids is 1. The van der Waals surface area contributed by atoms with Crippen LogP contribution < -0.4 is 10.2 Å². The minimum Gasteiger partial charge on any atom is -0.378 e. The van der Waals surface area contributed by atoms with Gasteiger partial charge in [0, 0.05) is 31.3 Å². The van der Waals surface area contributed by atoms with Crippen LogP contribution in [0.5, 0.6) is 0 Å². The lowest BCUT2D eigenvalue weighted by molar-refractivity contribution is 0.0787. The number of thiazole rings is 1. The molecule has 1 saturated heterocycles. The molecule has 1 amide bonds. The smallest absolute Gasteiger partial charge is 0.275 e. The van der Waals surface area contributed by atoms with Crippen LogP contribution in [-0.2, 0) is 4.74 Å². The first-order valence-corrected chi connectivity index (χ1v) is 7.65. The lowest BCUT2D eigenvalue weighted by atomic mass is 10.2. The molecular formula is C15H17N3O2S. The Morgan fingerprint density at radius 1 is 1.43 bits per heavy atom. The molecule has 0 bridgehead atoms. The van der Waals surface area contributed by atoms with E-state index in [1.807, 2.05) is 31.2 Å². The maximum atomic E-state index is 12.2. The Labute approximate surface area is 127 Å². The summed E-state index contributed by atoms with van der Waals surface area (Å²) in [6, 6.07) is 7.70. The Balaban J connectivity index is 1.66. The SMILES string of the molecule is COC1CN(c2nc(C(=O)Nc3ccccc3C)cs2)C1. The lowest BCUT2D eigenvalue weighted by Gasteiger charge is -2.37. The first-order valence-electron chi connectivity index (χ1n) is 6.77. The van der Waals surface area contributed by atoms with E-state index in [1.165, 1.54) is 11.3 Å². The molecule has 2 aromatic rings. The maximum absolute atomic E-state index is 12.2. The quantitative estimate of drug-likeness (QED) is 0.943. The number of methoxy groups -OCH3 is 1. The van der Waals surface area contributed by atoms with Gasteiger partial charge in [-0.15, -0.1) is 11.3 Å². The molecule has 0 saturated carbocycles. The van der Waals surface area contributed by atoms with E-state index in [0.29, 0.717) is 5.69 Å². The Morgan fingerprint density at radius 2 is 2.19 bits per heavy atom. The normalized spacial score (nSPS) is 14.9. The fraction of sp³-hybridized carbons (Fsp3) is 0.333. The first kappa shape index (κ1) is 14.0. The highest BCUT2D eigenvalue weighted by Gasteiger charge is 2.29. The number of hydrogen-bond donors (Lipinski definition) is 1. The van der Waals surface area contributed by atoms with Crippen molar-refractivity contribution in [2.45, 2.75) is 13.0 Å². The largest absolute Gasteiger partial charge is 0.378 e. The number of nitrogens with zero attached hydrogens (tertiary/aromatic N) is 2. The third-order valence-corrected chi connectivity index (χ3v) is 4.47. The number of ether oxygens (including phenoxy) is 1. The van der Waals surface area contributed by atoms with Crippen LogP contribution in [0.2, 0.25) is 0 Å². The van der Waals surface area contributed by atoms with E-state index in [2.05, 4.69) is 15.2 Å². The number of carbonyl (C=O) groups is 1.